The van der Waals surface area contributed by atoms with E-state index < -0.39 is 0 Å². The topological polar surface area (TPSA) is 48.0 Å². The molecule has 26 heavy (non-hydrogen) atoms. The number of methoxy groups -OCH3 is 3. The smallest absolute Gasteiger partial charge is 0.270 e. The van der Waals surface area contributed by atoms with Gasteiger partial charge in [0.15, 0.2) is 4.32 Å². The minimum absolute atomic E-state index is 0.200. The first-order chi connectivity index (χ1) is 12.6. The molecule has 7 heteroatoms. The Balaban J connectivity index is 2.00. The van der Waals surface area contributed by atoms with Gasteiger partial charge >= 0.3 is 0 Å². The van der Waals surface area contributed by atoms with Crippen LogP contribution in [0.3, 0.4) is 0 Å². The molecule has 0 unspecified atom stereocenters. The van der Waals surface area contributed by atoms with Crippen molar-refractivity contribution in [1.29, 1.82) is 0 Å². The molecule has 134 valence electrons. The number of benzene rings is 2. The van der Waals surface area contributed by atoms with Crippen molar-refractivity contribution < 1.29 is 19.0 Å². The number of rotatable bonds is 5. The Hall–Kier alpha value is -2.51. The first-order valence-electron chi connectivity index (χ1n) is 7.72. The second-order valence-corrected chi connectivity index (χ2v) is 6.97. The summed E-state index contributed by atoms with van der Waals surface area (Å²) in [5, 5.41) is 0. The van der Waals surface area contributed by atoms with Crippen LogP contribution in [-0.2, 0) is 4.79 Å². The highest BCUT2D eigenvalue weighted by atomic mass is 32.2. The second-order valence-electron chi connectivity index (χ2n) is 5.30. The van der Waals surface area contributed by atoms with Crippen molar-refractivity contribution in [3.05, 3.63) is 52.9 Å². The molecule has 0 N–H and O–H groups in total. The Morgan fingerprint density at radius 3 is 2.42 bits per heavy atom. The van der Waals surface area contributed by atoms with Crippen LogP contribution in [0.15, 0.2) is 47.4 Å². The summed E-state index contributed by atoms with van der Waals surface area (Å²) in [7, 11) is 4.74. The molecular formula is C19H17NO4S2. The molecule has 3 rings (SSSR count). The number of nitrogens with zero attached hydrogens (tertiary/aromatic N) is 1. The van der Waals surface area contributed by atoms with Gasteiger partial charge in [0, 0.05) is 5.56 Å². The van der Waals surface area contributed by atoms with E-state index in [0.717, 1.165) is 5.56 Å². The van der Waals surface area contributed by atoms with Crippen molar-refractivity contribution >= 4 is 46.0 Å². The number of amides is 1. The number of thioether (sulfide) groups is 1. The largest absolute Gasteiger partial charge is 0.497 e. The van der Waals surface area contributed by atoms with Crippen molar-refractivity contribution in [2.24, 2.45) is 0 Å². The molecular weight excluding hydrogens is 370 g/mol. The molecule has 2 aromatic carbocycles. The van der Waals surface area contributed by atoms with Crippen molar-refractivity contribution in [3.8, 4) is 17.2 Å². The van der Waals surface area contributed by atoms with E-state index in [-0.39, 0.29) is 5.91 Å². The summed E-state index contributed by atoms with van der Waals surface area (Å²) in [4.78, 5) is 15.0. The van der Waals surface area contributed by atoms with E-state index in [2.05, 4.69) is 0 Å². The van der Waals surface area contributed by atoms with E-state index in [0.29, 0.717) is 32.2 Å². The molecule has 0 spiro atoms. The Labute approximate surface area is 161 Å². The van der Waals surface area contributed by atoms with Crippen molar-refractivity contribution in [3.63, 3.8) is 0 Å². The van der Waals surface area contributed by atoms with Crippen LogP contribution in [0.1, 0.15) is 5.56 Å². The number of hydrogen-bond acceptors (Lipinski definition) is 6. The molecule has 1 heterocycles. The Morgan fingerprint density at radius 2 is 1.73 bits per heavy atom. The average Bonchev–Trinajstić information content (AvgIpc) is 2.94. The SMILES string of the molecule is COc1ccc(OC)c(C=C2SC(=S)N(c3ccccc3OC)C2=O)c1. The van der Waals surface area contributed by atoms with Crippen LogP contribution in [0.2, 0.25) is 0 Å². The van der Waals surface area contributed by atoms with Gasteiger partial charge in [0.05, 0.1) is 31.9 Å². The Bertz CT molecular complexity index is 895. The van der Waals surface area contributed by atoms with Crippen LogP contribution in [0.25, 0.3) is 6.08 Å². The summed E-state index contributed by atoms with van der Waals surface area (Å²) >= 11 is 6.67. The number of ether oxygens (including phenoxy) is 3. The number of anilines is 1. The molecule has 1 amide bonds. The minimum Gasteiger partial charge on any atom is -0.497 e. The zero-order valence-electron chi connectivity index (χ0n) is 14.5. The summed E-state index contributed by atoms with van der Waals surface area (Å²) in [6.45, 7) is 0. The fourth-order valence-electron chi connectivity index (χ4n) is 2.58. The fourth-order valence-corrected chi connectivity index (χ4v) is 3.86. The minimum atomic E-state index is -0.200. The molecule has 0 aromatic heterocycles. The van der Waals surface area contributed by atoms with Crippen molar-refractivity contribution in [2.75, 3.05) is 26.2 Å². The number of carbonyl (C=O) groups excluding carboxylic acids is 1. The van der Waals surface area contributed by atoms with E-state index in [1.165, 1.54) is 16.7 Å². The lowest BCUT2D eigenvalue weighted by atomic mass is 10.1. The lowest BCUT2D eigenvalue weighted by molar-refractivity contribution is -0.113. The summed E-state index contributed by atoms with van der Waals surface area (Å²) in [6, 6.07) is 12.7. The summed E-state index contributed by atoms with van der Waals surface area (Å²) in [6.07, 6.45) is 1.76. The van der Waals surface area contributed by atoms with E-state index in [4.69, 9.17) is 26.4 Å². The normalized spacial score (nSPS) is 15.5. The van der Waals surface area contributed by atoms with E-state index in [1.54, 1.807) is 51.7 Å². The zero-order chi connectivity index (χ0) is 18.7. The van der Waals surface area contributed by atoms with E-state index in [1.807, 2.05) is 18.2 Å². The van der Waals surface area contributed by atoms with Gasteiger partial charge in [0.25, 0.3) is 5.91 Å². The lowest BCUT2D eigenvalue weighted by Crippen LogP contribution is -2.27. The number of hydrogen-bond donors (Lipinski definition) is 0. The molecule has 0 saturated carbocycles. The van der Waals surface area contributed by atoms with E-state index in [9.17, 15) is 4.79 Å². The molecule has 2 aromatic rings. The van der Waals surface area contributed by atoms with Gasteiger partial charge in [-0.15, -0.1) is 0 Å². The van der Waals surface area contributed by atoms with Gasteiger partial charge in [-0.05, 0) is 36.4 Å². The second kappa shape index (κ2) is 7.80. The summed E-state index contributed by atoms with van der Waals surface area (Å²) in [5.74, 6) is 1.71. The third-order valence-corrected chi connectivity index (χ3v) is 5.15. The monoisotopic (exact) mass is 387 g/mol. The molecule has 1 saturated heterocycles. The van der Waals surface area contributed by atoms with Gasteiger partial charge in [-0.25, -0.2) is 0 Å². The number of thiocarbonyl (C=S) groups is 1. The third kappa shape index (κ3) is 3.40. The summed E-state index contributed by atoms with van der Waals surface area (Å²) in [5.41, 5.74) is 1.37. The highest BCUT2D eigenvalue weighted by Gasteiger charge is 2.35. The third-order valence-electron chi connectivity index (χ3n) is 3.84. The summed E-state index contributed by atoms with van der Waals surface area (Å²) < 4.78 is 16.4. The van der Waals surface area contributed by atoms with Crippen LogP contribution in [0.4, 0.5) is 5.69 Å². The van der Waals surface area contributed by atoms with Crippen molar-refractivity contribution in [1.82, 2.24) is 0 Å². The predicted molar refractivity (Wildman–Crippen MR) is 108 cm³/mol. The van der Waals surface area contributed by atoms with Crippen LogP contribution < -0.4 is 19.1 Å². The van der Waals surface area contributed by atoms with Gasteiger partial charge in [0.1, 0.15) is 17.2 Å². The zero-order valence-corrected chi connectivity index (χ0v) is 16.1. The number of carbonyl (C=O) groups is 1. The Kier molecular flexibility index (Phi) is 5.49. The molecule has 0 atom stereocenters. The van der Waals surface area contributed by atoms with Gasteiger partial charge in [-0.1, -0.05) is 36.1 Å². The number of para-hydroxylation sites is 2. The maximum Gasteiger partial charge on any atom is 0.270 e. The first-order valence-corrected chi connectivity index (χ1v) is 8.94. The first kappa shape index (κ1) is 18.3. The van der Waals surface area contributed by atoms with Gasteiger partial charge < -0.3 is 14.2 Å². The molecule has 1 aliphatic heterocycles. The van der Waals surface area contributed by atoms with Gasteiger partial charge in [-0.2, -0.15) is 0 Å². The molecule has 1 aliphatic rings. The van der Waals surface area contributed by atoms with Crippen LogP contribution in [-0.4, -0.2) is 31.6 Å². The van der Waals surface area contributed by atoms with Crippen LogP contribution >= 0.6 is 24.0 Å². The highest BCUT2D eigenvalue weighted by molar-refractivity contribution is 8.27. The van der Waals surface area contributed by atoms with Crippen LogP contribution in [0.5, 0.6) is 17.2 Å². The molecule has 1 fully saturated rings. The van der Waals surface area contributed by atoms with E-state index >= 15 is 0 Å². The molecule has 0 radical (unpaired) electrons. The maximum absolute atomic E-state index is 13.0. The Morgan fingerprint density at radius 1 is 1.00 bits per heavy atom. The average molecular weight is 387 g/mol. The quantitative estimate of drug-likeness (QED) is 0.568. The lowest BCUT2D eigenvalue weighted by Gasteiger charge is -2.17. The van der Waals surface area contributed by atoms with Gasteiger partial charge in [0.2, 0.25) is 0 Å². The predicted octanol–water partition coefficient (Wildman–Crippen LogP) is 4.12. The molecule has 0 bridgehead atoms. The van der Waals surface area contributed by atoms with Gasteiger partial charge in [-0.3, -0.25) is 9.69 Å². The fraction of sp³-hybridized carbons (Fsp3) is 0.158. The van der Waals surface area contributed by atoms with Crippen LogP contribution in [0, 0.1) is 0 Å². The maximum atomic E-state index is 13.0. The van der Waals surface area contributed by atoms with Crippen molar-refractivity contribution in [2.45, 2.75) is 0 Å². The standard InChI is InChI=1S/C19H17NO4S2/c1-22-13-8-9-15(23-2)12(10-13)11-17-18(21)20(19(25)26-17)14-6-4-5-7-16(14)24-3/h4-11H,1-3H3. The molecule has 5 nitrogen and oxygen atoms in total. The molecule has 0 aliphatic carbocycles. The highest BCUT2D eigenvalue weighted by Crippen LogP contribution is 2.40.